The summed E-state index contributed by atoms with van der Waals surface area (Å²) in [7, 11) is 2.17. The van der Waals surface area contributed by atoms with Crippen molar-refractivity contribution in [1.82, 2.24) is 24.2 Å². The molecule has 2 aliphatic rings. The molecule has 8 nitrogen and oxygen atoms in total. The summed E-state index contributed by atoms with van der Waals surface area (Å²) in [4.78, 5) is 26.4. The number of fused-ring (bicyclic) bond motifs is 2. The third-order valence-corrected chi connectivity index (χ3v) is 6.69. The van der Waals surface area contributed by atoms with Crippen LogP contribution in [0.3, 0.4) is 0 Å². The number of aromatic nitrogens is 3. The van der Waals surface area contributed by atoms with Gasteiger partial charge in [-0.25, -0.2) is 0 Å². The minimum absolute atomic E-state index is 0.0384. The Morgan fingerprint density at radius 1 is 1.06 bits per heavy atom. The highest BCUT2D eigenvalue weighted by molar-refractivity contribution is 6.04. The Morgan fingerprint density at radius 2 is 1.85 bits per heavy atom. The van der Waals surface area contributed by atoms with Gasteiger partial charge in [0.1, 0.15) is 13.2 Å². The second-order valence-corrected chi connectivity index (χ2v) is 9.05. The van der Waals surface area contributed by atoms with E-state index in [1.807, 2.05) is 29.8 Å². The van der Waals surface area contributed by atoms with Gasteiger partial charge in [0.05, 0.1) is 22.9 Å². The molecule has 9 heteroatoms. The Bertz CT molecular complexity index is 1190. The lowest BCUT2D eigenvalue weighted by Gasteiger charge is -2.37. The van der Waals surface area contributed by atoms with E-state index in [1.165, 1.54) is 0 Å². The SMILES string of the molecule is BN(Cc1cc2c(cn1)OCCO2)C1CCN(CCn2c(=O)ccc3ncc(C)cc32)CC1. The van der Waals surface area contributed by atoms with Crippen molar-refractivity contribution in [3.05, 3.63) is 58.3 Å². The molecule has 0 amide bonds. The van der Waals surface area contributed by atoms with Crippen molar-refractivity contribution < 1.29 is 9.47 Å². The first-order valence-electron chi connectivity index (χ1n) is 11.7. The Hall–Kier alpha value is -2.91. The van der Waals surface area contributed by atoms with Crippen molar-refractivity contribution >= 4 is 19.0 Å². The lowest BCUT2D eigenvalue weighted by molar-refractivity contribution is 0.153. The molecule has 0 spiro atoms. The van der Waals surface area contributed by atoms with Gasteiger partial charge in [-0.3, -0.25) is 14.8 Å². The maximum atomic E-state index is 12.5. The van der Waals surface area contributed by atoms with Crippen LogP contribution in [0.2, 0.25) is 0 Å². The molecular formula is C24H30BN5O3. The van der Waals surface area contributed by atoms with E-state index in [2.05, 4.69) is 33.7 Å². The molecule has 0 bridgehead atoms. The van der Waals surface area contributed by atoms with Gasteiger partial charge in [0.25, 0.3) is 5.56 Å². The first kappa shape index (κ1) is 21.9. The van der Waals surface area contributed by atoms with Crippen LogP contribution in [0.25, 0.3) is 11.0 Å². The summed E-state index contributed by atoms with van der Waals surface area (Å²) in [5.41, 5.74) is 3.90. The quantitative estimate of drug-likeness (QED) is 0.529. The van der Waals surface area contributed by atoms with Gasteiger partial charge in [0.15, 0.2) is 19.5 Å². The molecule has 172 valence electrons. The van der Waals surface area contributed by atoms with E-state index in [4.69, 9.17) is 9.47 Å². The molecule has 0 unspecified atom stereocenters. The van der Waals surface area contributed by atoms with Crippen LogP contribution in [0.4, 0.5) is 0 Å². The zero-order valence-corrected chi connectivity index (χ0v) is 19.4. The molecule has 3 aromatic rings. The van der Waals surface area contributed by atoms with E-state index >= 15 is 0 Å². The van der Waals surface area contributed by atoms with Crippen LogP contribution in [0.5, 0.6) is 11.5 Å². The highest BCUT2D eigenvalue weighted by atomic mass is 16.6. The van der Waals surface area contributed by atoms with E-state index in [-0.39, 0.29) is 5.56 Å². The summed E-state index contributed by atoms with van der Waals surface area (Å²) in [6.45, 7) is 7.58. The molecule has 33 heavy (non-hydrogen) atoms. The van der Waals surface area contributed by atoms with Crippen LogP contribution in [0.15, 0.2) is 41.5 Å². The van der Waals surface area contributed by atoms with E-state index in [0.717, 1.165) is 72.8 Å². The number of likely N-dealkylation sites (tertiary alicyclic amines) is 1. The second-order valence-electron chi connectivity index (χ2n) is 9.05. The molecule has 0 aliphatic carbocycles. The van der Waals surface area contributed by atoms with Crippen LogP contribution < -0.4 is 15.0 Å². The number of ether oxygens (including phenoxy) is 2. The highest BCUT2D eigenvalue weighted by Crippen LogP contribution is 2.30. The molecule has 1 fully saturated rings. The summed E-state index contributed by atoms with van der Waals surface area (Å²) in [5, 5.41) is 0. The number of hydrogen-bond donors (Lipinski definition) is 0. The van der Waals surface area contributed by atoms with Gasteiger partial charge in [0.2, 0.25) is 0 Å². The van der Waals surface area contributed by atoms with E-state index < -0.39 is 0 Å². The van der Waals surface area contributed by atoms with Crippen molar-refractivity contribution in [2.45, 2.75) is 38.9 Å². The molecule has 1 saturated heterocycles. The molecule has 5 heterocycles. The lowest BCUT2D eigenvalue weighted by Crippen LogP contribution is -2.44. The molecule has 0 atom stereocenters. The Kier molecular flexibility index (Phi) is 6.33. The van der Waals surface area contributed by atoms with Crippen molar-refractivity contribution in [3.8, 4) is 11.5 Å². The maximum absolute atomic E-state index is 12.5. The van der Waals surface area contributed by atoms with Crippen molar-refractivity contribution in [1.29, 1.82) is 0 Å². The largest absolute Gasteiger partial charge is 0.486 e. The zero-order valence-electron chi connectivity index (χ0n) is 19.4. The van der Waals surface area contributed by atoms with Gasteiger partial charge in [0, 0.05) is 44.0 Å². The van der Waals surface area contributed by atoms with Crippen molar-refractivity contribution in [2.24, 2.45) is 0 Å². The Balaban J connectivity index is 1.16. The molecule has 5 rings (SSSR count). The van der Waals surface area contributed by atoms with Crippen LogP contribution in [-0.4, -0.2) is 71.1 Å². The summed E-state index contributed by atoms with van der Waals surface area (Å²) in [5.74, 6) is 1.53. The normalized spacial score (nSPS) is 17.0. The van der Waals surface area contributed by atoms with Crippen LogP contribution in [0, 0.1) is 6.92 Å². The van der Waals surface area contributed by atoms with E-state index in [0.29, 0.717) is 25.8 Å². The third-order valence-electron chi connectivity index (χ3n) is 6.69. The summed E-state index contributed by atoms with van der Waals surface area (Å²) >= 11 is 0. The zero-order chi connectivity index (χ0) is 22.8. The van der Waals surface area contributed by atoms with Gasteiger partial charge < -0.3 is 23.8 Å². The Labute approximate surface area is 194 Å². The first-order valence-corrected chi connectivity index (χ1v) is 11.7. The van der Waals surface area contributed by atoms with E-state index in [9.17, 15) is 4.79 Å². The van der Waals surface area contributed by atoms with Gasteiger partial charge in [-0.1, -0.05) is 0 Å². The summed E-state index contributed by atoms with van der Waals surface area (Å²) in [6.07, 6.45) is 5.82. The lowest BCUT2D eigenvalue weighted by atomic mass is 9.99. The van der Waals surface area contributed by atoms with Crippen LogP contribution >= 0.6 is 0 Å². The smallest absolute Gasteiger partial charge is 0.251 e. The molecule has 0 radical (unpaired) electrons. The van der Waals surface area contributed by atoms with Crippen molar-refractivity contribution in [3.63, 3.8) is 0 Å². The number of hydrogen-bond acceptors (Lipinski definition) is 7. The number of piperidine rings is 1. The van der Waals surface area contributed by atoms with Crippen LogP contribution in [0.1, 0.15) is 24.1 Å². The minimum Gasteiger partial charge on any atom is -0.486 e. The first-order chi connectivity index (χ1) is 16.1. The van der Waals surface area contributed by atoms with Gasteiger partial charge in [-0.05, 0) is 50.6 Å². The van der Waals surface area contributed by atoms with Gasteiger partial charge in [-0.15, -0.1) is 0 Å². The summed E-state index contributed by atoms with van der Waals surface area (Å²) in [6, 6.07) is 8.00. The molecule has 0 N–H and O–H groups in total. The van der Waals surface area contributed by atoms with E-state index in [1.54, 1.807) is 12.3 Å². The summed E-state index contributed by atoms with van der Waals surface area (Å²) < 4.78 is 13.1. The average molecular weight is 447 g/mol. The maximum Gasteiger partial charge on any atom is 0.251 e. The second kappa shape index (κ2) is 9.53. The topological polar surface area (TPSA) is 72.7 Å². The predicted molar refractivity (Wildman–Crippen MR) is 130 cm³/mol. The third kappa shape index (κ3) is 4.89. The fourth-order valence-electron chi connectivity index (χ4n) is 4.78. The number of nitrogens with zero attached hydrogens (tertiary/aromatic N) is 5. The van der Waals surface area contributed by atoms with Crippen molar-refractivity contribution in [2.75, 3.05) is 32.8 Å². The molecule has 2 aliphatic heterocycles. The fraction of sp³-hybridized carbons (Fsp3) is 0.458. The fourth-order valence-corrected chi connectivity index (χ4v) is 4.78. The standard InChI is InChI=1S/C24H30BN5O3/c1-17-12-21-20(27-14-17)2-3-24(31)29(21)9-8-28-6-4-19(5-7-28)30(25)16-18-13-22-23(15-26-18)33-11-10-32-22/h2-3,12-15,19H,4-11,16,25H2,1H3. The number of rotatable bonds is 6. The Morgan fingerprint density at radius 3 is 2.67 bits per heavy atom. The molecular weight excluding hydrogens is 417 g/mol. The minimum atomic E-state index is 0.0384. The predicted octanol–water partition coefficient (Wildman–Crippen LogP) is 1.39. The molecule has 0 saturated carbocycles. The van der Waals surface area contributed by atoms with Gasteiger partial charge in [-0.2, -0.15) is 0 Å². The monoisotopic (exact) mass is 447 g/mol. The molecule has 3 aromatic heterocycles. The highest BCUT2D eigenvalue weighted by Gasteiger charge is 2.23. The number of pyridine rings is 3. The number of aryl methyl sites for hydroxylation is 1. The van der Waals surface area contributed by atoms with Gasteiger partial charge >= 0.3 is 0 Å². The van der Waals surface area contributed by atoms with Crippen LogP contribution in [-0.2, 0) is 13.1 Å². The average Bonchev–Trinajstić information content (AvgIpc) is 2.83. The molecule has 0 aromatic carbocycles.